The molecule has 1 N–H and O–H groups in total. The molecule has 0 bridgehead atoms. The highest BCUT2D eigenvalue weighted by molar-refractivity contribution is 5.97. The molecule has 1 fully saturated rings. The fraction of sp³-hybridized carbons (Fsp3) is 0.400. The number of nitrogens with one attached hydrogen (secondary N) is 1. The third-order valence-electron chi connectivity index (χ3n) is 5.88. The molecule has 2 amide bonds. The standard InChI is InChI=1S/C25H29N3O3/c1-3-12-26-23(29)15-18-10-13-28(14-11-18)25(30)20-8-9-22-21(16-20)27-24(31-22)19-6-4-17(2)5-7-19/h4-9,16,18H,3,10-15H2,1-2H3,(H,26,29). The highest BCUT2D eigenvalue weighted by atomic mass is 16.3. The van der Waals surface area contributed by atoms with Crippen molar-refractivity contribution in [2.24, 2.45) is 5.92 Å². The Bertz CT molecular complexity index is 1060. The van der Waals surface area contributed by atoms with Crippen LogP contribution in [-0.4, -0.2) is 41.3 Å². The van der Waals surface area contributed by atoms with E-state index in [-0.39, 0.29) is 11.8 Å². The van der Waals surface area contributed by atoms with Crippen LogP contribution in [0, 0.1) is 12.8 Å². The van der Waals surface area contributed by atoms with Crippen LogP contribution >= 0.6 is 0 Å². The number of nitrogens with zero attached hydrogens (tertiary/aromatic N) is 2. The predicted octanol–water partition coefficient (Wildman–Crippen LogP) is 4.57. The number of piperidine rings is 1. The molecule has 0 aliphatic carbocycles. The smallest absolute Gasteiger partial charge is 0.253 e. The minimum absolute atomic E-state index is 0.00988. The van der Waals surface area contributed by atoms with Crippen molar-refractivity contribution in [2.45, 2.75) is 39.5 Å². The molecular weight excluding hydrogens is 390 g/mol. The Morgan fingerprint density at radius 3 is 2.58 bits per heavy atom. The number of hydrogen-bond acceptors (Lipinski definition) is 4. The van der Waals surface area contributed by atoms with Crippen molar-refractivity contribution < 1.29 is 14.0 Å². The number of likely N-dealkylation sites (tertiary alicyclic amines) is 1. The Hall–Kier alpha value is -3.15. The maximum absolute atomic E-state index is 13.0. The zero-order valence-corrected chi connectivity index (χ0v) is 18.2. The lowest BCUT2D eigenvalue weighted by atomic mass is 9.93. The molecule has 2 aromatic carbocycles. The van der Waals surface area contributed by atoms with Gasteiger partial charge in [0.15, 0.2) is 5.58 Å². The van der Waals surface area contributed by atoms with E-state index in [1.165, 1.54) is 5.56 Å². The Morgan fingerprint density at radius 2 is 1.87 bits per heavy atom. The topological polar surface area (TPSA) is 75.4 Å². The molecule has 6 nitrogen and oxygen atoms in total. The van der Waals surface area contributed by atoms with E-state index in [1.807, 2.05) is 55.1 Å². The summed E-state index contributed by atoms with van der Waals surface area (Å²) in [5, 5.41) is 2.94. The van der Waals surface area contributed by atoms with Crippen molar-refractivity contribution in [1.29, 1.82) is 0 Å². The Balaban J connectivity index is 1.40. The van der Waals surface area contributed by atoms with Crippen LogP contribution in [0.25, 0.3) is 22.6 Å². The van der Waals surface area contributed by atoms with E-state index in [9.17, 15) is 9.59 Å². The van der Waals surface area contributed by atoms with Crippen LogP contribution in [0.15, 0.2) is 46.9 Å². The zero-order chi connectivity index (χ0) is 21.8. The monoisotopic (exact) mass is 419 g/mol. The molecule has 0 atom stereocenters. The average Bonchev–Trinajstić information content (AvgIpc) is 3.21. The first-order chi connectivity index (χ1) is 15.0. The number of aryl methyl sites for hydroxylation is 1. The van der Waals surface area contributed by atoms with Gasteiger partial charge in [0.25, 0.3) is 5.91 Å². The molecule has 1 aliphatic rings. The van der Waals surface area contributed by atoms with Gasteiger partial charge in [0.2, 0.25) is 11.8 Å². The minimum Gasteiger partial charge on any atom is -0.436 e. The maximum Gasteiger partial charge on any atom is 0.253 e. The van der Waals surface area contributed by atoms with Gasteiger partial charge in [-0.3, -0.25) is 9.59 Å². The van der Waals surface area contributed by atoms with Gasteiger partial charge < -0.3 is 14.6 Å². The molecule has 1 saturated heterocycles. The number of hydrogen-bond donors (Lipinski definition) is 1. The highest BCUT2D eigenvalue weighted by Crippen LogP contribution is 2.27. The molecule has 0 unspecified atom stereocenters. The number of oxazole rings is 1. The van der Waals surface area contributed by atoms with Gasteiger partial charge in [-0.05, 0) is 62.4 Å². The predicted molar refractivity (Wildman–Crippen MR) is 121 cm³/mol. The molecule has 1 aromatic heterocycles. The Labute approximate surface area is 182 Å². The van der Waals surface area contributed by atoms with E-state index >= 15 is 0 Å². The van der Waals surface area contributed by atoms with Gasteiger partial charge in [0, 0.05) is 37.2 Å². The number of rotatable bonds is 6. The molecular formula is C25H29N3O3. The molecule has 3 aromatic rings. The van der Waals surface area contributed by atoms with Crippen LogP contribution in [0.2, 0.25) is 0 Å². The SMILES string of the molecule is CCCNC(=O)CC1CCN(C(=O)c2ccc3oc(-c4ccc(C)cc4)nc3c2)CC1. The van der Waals surface area contributed by atoms with Crippen LogP contribution in [0.5, 0.6) is 0 Å². The Kier molecular flexibility index (Phi) is 6.35. The second-order valence-electron chi connectivity index (χ2n) is 8.36. The van der Waals surface area contributed by atoms with Crippen molar-refractivity contribution in [3.8, 4) is 11.5 Å². The summed E-state index contributed by atoms with van der Waals surface area (Å²) in [6, 6.07) is 13.4. The van der Waals surface area contributed by atoms with E-state index < -0.39 is 0 Å². The first-order valence-electron chi connectivity index (χ1n) is 11.1. The van der Waals surface area contributed by atoms with Crippen molar-refractivity contribution in [1.82, 2.24) is 15.2 Å². The van der Waals surface area contributed by atoms with Crippen molar-refractivity contribution in [2.75, 3.05) is 19.6 Å². The largest absolute Gasteiger partial charge is 0.436 e. The molecule has 0 saturated carbocycles. The quantitative estimate of drug-likeness (QED) is 0.635. The minimum atomic E-state index is 0.00988. The number of carbonyl (C=O) groups is 2. The number of aromatic nitrogens is 1. The number of fused-ring (bicyclic) bond motifs is 1. The second kappa shape index (κ2) is 9.33. The normalized spacial score (nSPS) is 14.7. The summed E-state index contributed by atoms with van der Waals surface area (Å²) >= 11 is 0. The lowest BCUT2D eigenvalue weighted by molar-refractivity contribution is -0.122. The lowest BCUT2D eigenvalue weighted by Crippen LogP contribution is -2.39. The van der Waals surface area contributed by atoms with Gasteiger partial charge in [-0.25, -0.2) is 4.98 Å². The van der Waals surface area contributed by atoms with Crippen LogP contribution in [0.3, 0.4) is 0 Å². The van der Waals surface area contributed by atoms with Crippen molar-refractivity contribution in [3.05, 3.63) is 53.6 Å². The van der Waals surface area contributed by atoms with Gasteiger partial charge >= 0.3 is 0 Å². The fourth-order valence-electron chi connectivity index (χ4n) is 4.00. The fourth-order valence-corrected chi connectivity index (χ4v) is 4.00. The molecule has 4 rings (SSSR count). The van der Waals surface area contributed by atoms with Crippen LogP contribution in [0.1, 0.15) is 48.5 Å². The average molecular weight is 420 g/mol. The summed E-state index contributed by atoms with van der Waals surface area (Å²) in [7, 11) is 0. The number of amides is 2. The highest BCUT2D eigenvalue weighted by Gasteiger charge is 2.25. The molecule has 0 spiro atoms. The van der Waals surface area contributed by atoms with E-state index in [4.69, 9.17) is 4.42 Å². The molecule has 2 heterocycles. The summed E-state index contributed by atoms with van der Waals surface area (Å²) in [6.07, 6.45) is 3.21. The molecule has 162 valence electrons. The summed E-state index contributed by atoms with van der Waals surface area (Å²) in [6.45, 7) is 6.17. The molecule has 31 heavy (non-hydrogen) atoms. The Morgan fingerprint density at radius 1 is 1.13 bits per heavy atom. The van der Waals surface area contributed by atoms with Gasteiger partial charge in [0.05, 0.1) is 0 Å². The van der Waals surface area contributed by atoms with E-state index in [0.717, 1.165) is 31.4 Å². The first-order valence-corrected chi connectivity index (χ1v) is 11.1. The molecule has 6 heteroatoms. The summed E-state index contributed by atoms with van der Waals surface area (Å²) in [5.41, 5.74) is 4.07. The third kappa shape index (κ3) is 4.95. The van der Waals surface area contributed by atoms with Gasteiger partial charge in [-0.2, -0.15) is 0 Å². The summed E-state index contributed by atoms with van der Waals surface area (Å²) in [4.78, 5) is 31.4. The summed E-state index contributed by atoms with van der Waals surface area (Å²) in [5.74, 6) is 1.03. The third-order valence-corrected chi connectivity index (χ3v) is 5.88. The van der Waals surface area contributed by atoms with Crippen LogP contribution in [-0.2, 0) is 4.79 Å². The molecule has 1 aliphatic heterocycles. The van der Waals surface area contributed by atoms with Gasteiger partial charge in [-0.1, -0.05) is 24.6 Å². The van der Waals surface area contributed by atoms with Crippen LogP contribution < -0.4 is 5.32 Å². The van der Waals surface area contributed by atoms with E-state index in [0.29, 0.717) is 48.0 Å². The van der Waals surface area contributed by atoms with E-state index in [2.05, 4.69) is 10.3 Å². The van der Waals surface area contributed by atoms with E-state index in [1.54, 1.807) is 6.07 Å². The molecule has 0 radical (unpaired) electrons. The lowest BCUT2D eigenvalue weighted by Gasteiger charge is -2.31. The first kappa shape index (κ1) is 21.1. The maximum atomic E-state index is 13.0. The van der Waals surface area contributed by atoms with Crippen molar-refractivity contribution in [3.63, 3.8) is 0 Å². The number of benzene rings is 2. The summed E-state index contributed by atoms with van der Waals surface area (Å²) < 4.78 is 5.88. The zero-order valence-electron chi connectivity index (χ0n) is 18.2. The van der Waals surface area contributed by atoms with Gasteiger partial charge in [-0.15, -0.1) is 0 Å². The van der Waals surface area contributed by atoms with Crippen molar-refractivity contribution >= 4 is 22.9 Å². The second-order valence-corrected chi connectivity index (χ2v) is 8.36. The van der Waals surface area contributed by atoms with Crippen LogP contribution in [0.4, 0.5) is 0 Å². The number of carbonyl (C=O) groups excluding carboxylic acids is 2. The van der Waals surface area contributed by atoms with Gasteiger partial charge in [0.1, 0.15) is 5.52 Å².